The topological polar surface area (TPSA) is 49.8 Å². The largest absolute Gasteiger partial charge is 0.385 e. The van der Waals surface area contributed by atoms with Crippen LogP contribution in [0.15, 0.2) is 59.7 Å². The summed E-state index contributed by atoms with van der Waals surface area (Å²) in [5.74, 6) is 1.54. The third-order valence-electron chi connectivity index (χ3n) is 10.2. The summed E-state index contributed by atoms with van der Waals surface area (Å²) in [6, 6.07) is 9.28. The van der Waals surface area contributed by atoms with Crippen molar-refractivity contribution in [2.24, 2.45) is 17.3 Å². The van der Waals surface area contributed by atoms with Crippen molar-refractivity contribution in [1.29, 1.82) is 0 Å². The first-order chi connectivity index (χ1) is 16.9. The second kappa shape index (κ2) is 8.83. The number of carbonyl (C=O) groups is 1. The third-order valence-corrected chi connectivity index (χ3v) is 10.2. The van der Waals surface area contributed by atoms with Crippen molar-refractivity contribution in [3.63, 3.8) is 0 Å². The molecular weight excluding hydrogens is 434 g/mol. The highest BCUT2D eigenvalue weighted by molar-refractivity contribution is 5.93. The zero-order valence-corrected chi connectivity index (χ0v) is 21.1. The van der Waals surface area contributed by atoms with Gasteiger partial charge in [-0.25, -0.2) is 0 Å². The monoisotopic (exact) mass is 473 g/mol. The van der Waals surface area contributed by atoms with Crippen LogP contribution in [0.25, 0.3) is 0 Å². The van der Waals surface area contributed by atoms with Gasteiger partial charge in [-0.1, -0.05) is 42.8 Å². The number of hydrogen-bond acceptors (Lipinski definition) is 4. The Labute approximate surface area is 209 Å². The van der Waals surface area contributed by atoms with E-state index in [2.05, 4.69) is 42.7 Å². The quantitative estimate of drug-likeness (QED) is 0.600. The number of morpholine rings is 1. The van der Waals surface area contributed by atoms with Crippen LogP contribution in [0.2, 0.25) is 0 Å². The molecule has 4 aliphatic carbocycles. The summed E-state index contributed by atoms with van der Waals surface area (Å²) >= 11 is 0. The van der Waals surface area contributed by atoms with Crippen molar-refractivity contribution in [3.8, 4) is 0 Å². The second-order valence-electron chi connectivity index (χ2n) is 11.8. The summed E-state index contributed by atoms with van der Waals surface area (Å²) in [7, 11) is 0. The van der Waals surface area contributed by atoms with Crippen LogP contribution in [0, 0.1) is 17.3 Å². The average Bonchev–Trinajstić information content (AvgIpc) is 3.15. The Morgan fingerprint density at radius 1 is 1.14 bits per heavy atom. The predicted molar refractivity (Wildman–Crippen MR) is 138 cm³/mol. The van der Waals surface area contributed by atoms with Gasteiger partial charge in [-0.05, 0) is 78.7 Å². The van der Waals surface area contributed by atoms with Crippen molar-refractivity contribution in [2.75, 3.05) is 26.3 Å². The maximum Gasteiger partial charge on any atom is 0.156 e. The fourth-order valence-electron chi connectivity index (χ4n) is 8.21. The average molecular weight is 474 g/mol. The zero-order chi connectivity index (χ0) is 24.2. The summed E-state index contributed by atoms with van der Waals surface area (Å²) in [6.07, 6.45) is 10.2. The highest BCUT2D eigenvalue weighted by Crippen LogP contribution is 2.66. The number of allylic oxidation sites excluding steroid dienone is 4. The summed E-state index contributed by atoms with van der Waals surface area (Å²) in [6.45, 7) is 11.0. The van der Waals surface area contributed by atoms with Gasteiger partial charge in [0.1, 0.15) is 0 Å². The SMILES string of the molecule is C=C[C@]1(O)CC[C@H]2[C@@H]3CCC4=CC(=O)CCC4=C3[C@@H](c3ccc(CN4CCOCC4)cc3)C[C@@]21C. The summed E-state index contributed by atoms with van der Waals surface area (Å²) in [5.41, 5.74) is 6.08. The second-order valence-corrected chi connectivity index (χ2v) is 11.8. The Morgan fingerprint density at radius 3 is 2.66 bits per heavy atom. The van der Waals surface area contributed by atoms with Crippen LogP contribution in [0.1, 0.15) is 68.9 Å². The van der Waals surface area contributed by atoms with Gasteiger partial charge in [0.25, 0.3) is 0 Å². The molecule has 4 heteroatoms. The molecule has 0 spiro atoms. The molecule has 0 aromatic heterocycles. The smallest absolute Gasteiger partial charge is 0.156 e. The Kier molecular flexibility index (Phi) is 5.90. The lowest BCUT2D eigenvalue weighted by atomic mass is 9.51. The Hall–Kier alpha value is -2.01. The highest BCUT2D eigenvalue weighted by atomic mass is 16.5. The minimum Gasteiger partial charge on any atom is -0.385 e. The molecule has 1 aromatic carbocycles. The van der Waals surface area contributed by atoms with Crippen LogP contribution >= 0.6 is 0 Å². The third kappa shape index (κ3) is 3.80. The highest BCUT2D eigenvalue weighted by Gasteiger charge is 2.61. The standard InChI is InChI=1S/C31H39NO3/c1-3-31(34)13-12-28-26-10-8-23-18-24(33)9-11-25(23)29(26)27(19-30(28,31)2)22-6-4-21(5-7-22)20-32-14-16-35-17-15-32/h3-7,18,26-28,34H,1,8-17,19-20H2,2H3/t26-,27+,28-,30-,31-/m0/s1. The van der Waals surface area contributed by atoms with Gasteiger partial charge in [-0.3, -0.25) is 9.69 Å². The minimum atomic E-state index is -0.805. The first-order valence-electron chi connectivity index (χ1n) is 13.6. The van der Waals surface area contributed by atoms with Crippen LogP contribution in [0.5, 0.6) is 0 Å². The van der Waals surface area contributed by atoms with E-state index in [4.69, 9.17) is 4.74 Å². The molecule has 6 rings (SSSR count). The molecule has 5 aliphatic rings. The predicted octanol–water partition coefficient (Wildman–Crippen LogP) is 5.34. The molecule has 5 atom stereocenters. The van der Waals surface area contributed by atoms with Gasteiger partial charge in [0.05, 0.1) is 18.8 Å². The number of hydrogen-bond donors (Lipinski definition) is 1. The van der Waals surface area contributed by atoms with Gasteiger partial charge in [0, 0.05) is 37.4 Å². The lowest BCUT2D eigenvalue weighted by Gasteiger charge is -2.54. The van der Waals surface area contributed by atoms with E-state index in [0.717, 1.165) is 71.4 Å². The lowest BCUT2D eigenvalue weighted by Crippen LogP contribution is -2.50. The van der Waals surface area contributed by atoms with Gasteiger partial charge in [-0.2, -0.15) is 0 Å². The molecule has 35 heavy (non-hydrogen) atoms. The van der Waals surface area contributed by atoms with E-state index in [0.29, 0.717) is 18.3 Å². The van der Waals surface area contributed by atoms with Crippen LogP contribution in [-0.2, 0) is 16.1 Å². The van der Waals surface area contributed by atoms with E-state index in [-0.39, 0.29) is 17.1 Å². The molecule has 0 radical (unpaired) electrons. The summed E-state index contributed by atoms with van der Waals surface area (Å²) < 4.78 is 5.51. The molecule has 0 amide bonds. The summed E-state index contributed by atoms with van der Waals surface area (Å²) in [5, 5.41) is 11.7. The fourth-order valence-corrected chi connectivity index (χ4v) is 8.21. The zero-order valence-electron chi connectivity index (χ0n) is 21.1. The molecule has 3 fully saturated rings. The number of benzene rings is 1. The van der Waals surface area contributed by atoms with Crippen LogP contribution in [-0.4, -0.2) is 47.7 Å². The number of ketones is 1. The first-order valence-corrected chi connectivity index (χ1v) is 13.6. The fraction of sp³-hybridized carbons (Fsp3) is 0.581. The van der Waals surface area contributed by atoms with Gasteiger partial charge >= 0.3 is 0 Å². The molecule has 1 heterocycles. The maximum absolute atomic E-state index is 12.2. The number of carbonyl (C=O) groups excluding carboxylic acids is 1. The first kappa shape index (κ1) is 23.4. The van der Waals surface area contributed by atoms with E-state index in [9.17, 15) is 9.90 Å². The maximum atomic E-state index is 12.2. The lowest BCUT2D eigenvalue weighted by molar-refractivity contribution is -0.114. The molecule has 1 N–H and O–H groups in total. The Balaban J connectivity index is 1.39. The van der Waals surface area contributed by atoms with E-state index in [1.807, 2.05) is 12.2 Å². The molecule has 1 aromatic rings. The Bertz CT molecular complexity index is 1080. The van der Waals surface area contributed by atoms with Crippen LogP contribution < -0.4 is 0 Å². The van der Waals surface area contributed by atoms with E-state index < -0.39 is 5.60 Å². The van der Waals surface area contributed by atoms with Gasteiger partial charge in [0.15, 0.2) is 5.78 Å². The molecule has 0 unspecified atom stereocenters. The van der Waals surface area contributed by atoms with Crippen molar-refractivity contribution >= 4 is 5.78 Å². The molecule has 1 saturated heterocycles. The van der Waals surface area contributed by atoms with E-state index in [1.165, 1.54) is 22.3 Å². The van der Waals surface area contributed by atoms with E-state index >= 15 is 0 Å². The Morgan fingerprint density at radius 2 is 1.91 bits per heavy atom. The number of rotatable bonds is 4. The van der Waals surface area contributed by atoms with Gasteiger partial charge < -0.3 is 9.84 Å². The van der Waals surface area contributed by atoms with E-state index in [1.54, 1.807) is 5.57 Å². The molecule has 4 nitrogen and oxygen atoms in total. The number of nitrogens with zero attached hydrogens (tertiary/aromatic N) is 1. The minimum absolute atomic E-state index is 0.174. The van der Waals surface area contributed by atoms with Gasteiger partial charge in [-0.15, -0.1) is 6.58 Å². The molecule has 2 saturated carbocycles. The van der Waals surface area contributed by atoms with Crippen molar-refractivity contribution in [2.45, 2.75) is 69.9 Å². The van der Waals surface area contributed by atoms with Crippen LogP contribution in [0.4, 0.5) is 0 Å². The molecule has 1 aliphatic heterocycles. The molecule has 186 valence electrons. The number of ether oxygens (including phenoxy) is 1. The number of fused-ring (bicyclic) bond motifs is 4. The molecule has 0 bridgehead atoms. The molecular formula is C31H39NO3. The van der Waals surface area contributed by atoms with Gasteiger partial charge in [0.2, 0.25) is 0 Å². The van der Waals surface area contributed by atoms with Crippen molar-refractivity contribution in [3.05, 3.63) is 70.8 Å². The van der Waals surface area contributed by atoms with Crippen molar-refractivity contribution in [1.82, 2.24) is 4.90 Å². The summed E-state index contributed by atoms with van der Waals surface area (Å²) in [4.78, 5) is 14.7. The van der Waals surface area contributed by atoms with Crippen molar-refractivity contribution < 1.29 is 14.6 Å². The normalized spacial score (nSPS) is 37.4. The number of aliphatic hydroxyl groups is 1. The van der Waals surface area contributed by atoms with Crippen LogP contribution in [0.3, 0.4) is 0 Å².